The van der Waals surface area contributed by atoms with Gasteiger partial charge in [-0.1, -0.05) is 50.1 Å². The fourth-order valence-corrected chi connectivity index (χ4v) is 9.22. The van der Waals surface area contributed by atoms with Crippen molar-refractivity contribution < 1.29 is 28.2 Å². The van der Waals surface area contributed by atoms with Gasteiger partial charge in [0.15, 0.2) is 0 Å². The van der Waals surface area contributed by atoms with Crippen molar-refractivity contribution in [3.8, 4) is 17.6 Å². The minimum Gasteiger partial charge on any atom is -0.494 e. The Bertz CT molecular complexity index is 1810. The number of nitrogens with zero attached hydrogens (tertiary/aromatic N) is 4. The molecule has 51 heavy (non-hydrogen) atoms. The van der Waals surface area contributed by atoms with Crippen LogP contribution in [0, 0.1) is 22.2 Å². The van der Waals surface area contributed by atoms with E-state index in [2.05, 4.69) is 58.6 Å². The largest absolute Gasteiger partial charge is 0.494 e. The molecule has 3 aliphatic rings. The molecule has 0 bridgehead atoms. The number of hydrogen-bond acceptors (Lipinski definition) is 10. The molecule has 12 nitrogen and oxygen atoms in total. The lowest BCUT2D eigenvalue weighted by molar-refractivity contribution is -0.164. The van der Waals surface area contributed by atoms with Gasteiger partial charge in [-0.25, -0.2) is 9.71 Å². The standard InChI is InChI=1S/C37H45ClN6O6S/c1-36(2)34(37(3,4)35(36)50-27-10-8-24(22-39)29(38)20-27)41-32(45)25-9-13-31(40-23-25)44-17-15-43(16-18-44)14-6-5-7-19-49-26-11-12-28-30(21-26)51(47,48)42-33(28)46/h8-13,20-21,23,34-35,47-48H,5-7,14-19H2,1-4H3,(H,41,45)(H,42,46). The van der Waals surface area contributed by atoms with Crippen LogP contribution in [0.15, 0.2) is 59.6 Å². The number of piperazine rings is 1. The highest BCUT2D eigenvalue weighted by atomic mass is 35.5. The average Bonchev–Trinajstić information content (AvgIpc) is 3.34. The number of carbonyl (C=O) groups excluding carboxylic acids is 2. The van der Waals surface area contributed by atoms with Gasteiger partial charge in [0, 0.05) is 61.4 Å². The van der Waals surface area contributed by atoms with Gasteiger partial charge in [0.2, 0.25) is 0 Å². The summed E-state index contributed by atoms with van der Waals surface area (Å²) < 4.78 is 34.5. The fourth-order valence-electron chi connectivity index (χ4n) is 7.78. The van der Waals surface area contributed by atoms with Gasteiger partial charge in [-0.15, -0.1) is 0 Å². The summed E-state index contributed by atoms with van der Waals surface area (Å²) in [6, 6.07) is 15.5. The van der Waals surface area contributed by atoms with Gasteiger partial charge >= 0.3 is 0 Å². The number of ether oxygens (including phenoxy) is 2. The van der Waals surface area contributed by atoms with Gasteiger partial charge in [-0.2, -0.15) is 5.26 Å². The van der Waals surface area contributed by atoms with Crippen molar-refractivity contribution in [2.75, 3.05) is 44.2 Å². The summed E-state index contributed by atoms with van der Waals surface area (Å²) in [5.74, 6) is 1.31. The second kappa shape index (κ2) is 14.5. The van der Waals surface area contributed by atoms with Crippen LogP contribution < -0.4 is 24.4 Å². The molecule has 3 aromatic rings. The number of amides is 2. The summed E-state index contributed by atoms with van der Waals surface area (Å²) in [4.78, 5) is 34.7. The number of halogens is 1. The zero-order valence-electron chi connectivity index (χ0n) is 29.3. The number of unbranched alkanes of at least 4 members (excludes halogenated alkanes) is 2. The first kappa shape index (κ1) is 36.7. The van der Waals surface area contributed by atoms with Crippen molar-refractivity contribution in [1.29, 1.82) is 5.26 Å². The van der Waals surface area contributed by atoms with Crippen molar-refractivity contribution in [2.24, 2.45) is 10.8 Å². The van der Waals surface area contributed by atoms with Gasteiger partial charge in [0.25, 0.3) is 11.8 Å². The predicted octanol–water partition coefficient (Wildman–Crippen LogP) is 6.36. The number of nitrogens with one attached hydrogen (secondary N) is 2. The summed E-state index contributed by atoms with van der Waals surface area (Å²) in [5.41, 5.74) is 0.457. The van der Waals surface area contributed by atoms with Crippen LogP contribution in [0.5, 0.6) is 11.5 Å². The van der Waals surface area contributed by atoms with E-state index in [-0.39, 0.29) is 39.3 Å². The first-order valence-corrected chi connectivity index (χ1v) is 19.1. The number of carbonyl (C=O) groups is 2. The summed E-state index contributed by atoms with van der Waals surface area (Å²) in [6.07, 6.45) is 4.37. The van der Waals surface area contributed by atoms with E-state index in [0.29, 0.717) is 34.3 Å². The molecule has 0 unspecified atom stereocenters. The van der Waals surface area contributed by atoms with E-state index in [1.807, 2.05) is 12.1 Å². The van der Waals surface area contributed by atoms with E-state index in [9.17, 15) is 24.0 Å². The Hall–Kier alpha value is -4.06. The molecular weight excluding hydrogens is 692 g/mol. The topological polar surface area (TPSA) is 160 Å². The van der Waals surface area contributed by atoms with Crippen LogP contribution in [0.3, 0.4) is 0 Å². The average molecular weight is 737 g/mol. The quantitative estimate of drug-likeness (QED) is 0.154. The van der Waals surface area contributed by atoms with Crippen LogP contribution in [0.4, 0.5) is 5.82 Å². The molecule has 14 heteroatoms. The zero-order valence-corrected chi connectivity index (χ0v) is 30.9. The van der Waals surface area contributed by atoms with Crippen LogP contribution in [0.2, 0.25) is 5.02 Å². The number of fused-ring (bicyclic) bond motifs is 1. The van der Waals surface area contributed by atoms with Gasteiger partial charge in [-0.3, -0.25) is 23.6 Å². The van der Waals surface area contributed by atoms with Crippen LogP contribution in [-0.4, -0.2) is 82.3 Å². The highest BCUT2D eigenvalue weighted by molar-refractivity contribution is 8.23. The highest BCUT2D eigenvalue weighted by Gasteiger charge is 2.64. The summed E-state index contributed by atoms with van der Waals surface area (Å²) in [6.45, 7) is 13.4. The number of nitriles is 1. The molecule has 1 aliphatic carbocycles. The predicted molar refractivity (Wildman–Crippen MR) is 197 cm³/mol. The zero-order chi connectivity index (χ0) is 36.6. The summed E-state index contributed by atoms with van der Waals surface area (Å²) >= 11 is 6.22. The van der Waals surface area contributed by atoms with Crippen molar-refractivity contribution >= 4 is 40.0 Å². The highest BCUT2D eigenvalue weighted by Crippen LogP contribution is 2.56. The lowest BCUT2D eigenvalue weighted by Gasteiger charge is -2.63. The molecule has 4 N–H and O–H groups in total. The number of anilines is 1. The van der Waals surface area contributed by atoms with E-state index < -0.39 is 16.7 Å². The van der Waals surface area contributed by atoms with Gasteiger partial charge < -0.3 is 19.7 Å². The lowest BCUT2D eigenvalue weighted by atomic mass is 9.49. The van der Waals surface area contributed by atoms with E-state index in [1.54, 1.807) is 36.5 Å². The minimum absolute atomic E-state index is 0.141. The normalized spacial score (nSPS) is 22.2. The van der Waals surface area contributed by atoms with Crippen LogP contribution in [0.25, 0.3) is 0 Å². The van der Waals surface area contributed by atoms with Crippen LogP contribution in [0.1, 0.15) is 73.2 Å². The maximum absolute atomic E-state index is 13.3. The number of rotatable bonds is 12. The first-order chi connectivity index (χ1) is 24.2. The Morgan fingerprint density at radius 3 is 2.43 bits per heavy atom. The number of aromatic nitrogens is 1. The van der Waals surface area contributed by atoms with Crippen LogP contribution in [-0.2, 0) is 0 Å². The SMILES string of the molecule is CC1(C)C(NC(=O)c2ccc(N3CCN(CCCCCOc4ccc5c(c4)S(O)(O)NC5=O)CC3)nc2)C(C)(C)C1Oc1ccc(C#N)c(Cl)c1. The fraction of sp³-hybridized carbons (Fsp3) is 0.459. The van der Waals surface area contributed by atoms with Crippen molar-refractivity contribution in [2.45, 2.75) is 64.0 Å². The molecule has 272 valence electrons. The Balaban J connectivity index is 0.907. The molecule has 2 aliphatic heterocycles. The molecule has 2 amide bonds. The Labute approximate surface area is 305 Å². The maximum atomic E-state index is 13.3. The van der Waals surface area contributed by atoms with Crippen molar-refractivity contribution in [3.63, 3.8) is 0 Å². The molecule has 3 heterocycles. The molecule has 1 saturated carbocycles. The number of hydrogen-bond donors (Lipinski definition) is 4. The third-order valence-corrected chi connectivity index (χ3v) is 12.0. The monoisotopic (exact) mass is 736 g/mol. The summed E-state index contributed by atoms with van der Waals surface area (Å²) in [5, 5.41) is 12.8. The number of pyridine rings is 1. The molecule has 0 atom stereocenters. The molecule has 2 aromatic carbocycles. The lowest BCUT2D eigenvalue weighted by Crippen LogP contribution is -2.74. The maximum Gasteiger partial charge on any atom is 0.271 e. The molecule has 1 aromatic heterocycles. The molecule has 2 fully saturated rings. The second-order valence-corrected chi connectivity index (χ2v) is 16.7. The third-order valence-electron chi connectivity index (χ3n) is 10.3. The molecule has 0 radical (unpaired) electrons. The van der Waals surface area contributed by atoms with E-state index in [4.69, 9.17) is 21.1 Å². The van der Waals surface area contributed by atoms with Gasteiger partial charge in [0.05, 0.1) is 33.2 Å². The molecule has 6 rings (SSSR count). The smallest absolute Gasteiger partial charge is 0.271 e. The van der Waals surface area contributed by atoms with E-state index >= 15 is 0 Å². The second-order valence-electron chi connectivity index (χ2n) is 14.6. The molecular formula is C37H45ClN6O6S. The molecule has 1 saturated heterocycles. The van der Waals surface area contributed by atoms with Gasteiger partial charge in [-0.05, 0) is 62.2 Å². The Kier molecular flexibility index (Phi) is 10.5. The summed E-state index contributed by atoms with van der Waals surface area (Å²) in [7, 11) is -3.30. The first-order valence-electron chi connectivity index (χ1n) is 17.2. The van der Waals surface area contributed by atoms with E-state index in [1.165, 1.54) is 6.07 Å². The van der Waals surface area contributed by atoms with Crippen molar-refractivity contribution in [3.05, 3.63) is 76.4 Å². The Morgan fingerprint density at radius 2 is 1.76 bits per heavy atom. The minimum atomic E-state index is -3.30. The number of benzene rings is 2. The van der Waals surface area contributed by atoms with Gasteiger partial charge in [0.1, 0.15) is 29.5 Å². The molecule has 0 spiro atoms. The van der Waals surface area contributed by atoms with Crippen molar-refractivity contribution in [1.82, 2.24) is 19.9 Å². The van der Waals surface area contributed by atoms with E-state index in [0.717, 1.165) is 57.8 Å². The van der Waals surface area contributed by atoms with Crippen LogP contribution >= 0.6 is 22.4 Å². The Morgan fingerprint density at radius 1 is 1.04 bits per heavy atom. The third kappa shape index (κ3) is 7.61.